The first-order valence-corrected chi connectivity index (χ1v) is 7.75. The topological polar surface area (TPSA) is 18.5 Å². The number of halogens is 2. The van der Waals surface area contributed by atoms with Gasteiger partial charge in [-0.2, -0.15) is 0 Å². The normalized spacial score (nSPS) is 16.2. The molecule has 2 rings (SSSR count). The van der Waals surface area contributed by atoms with Crippen LogP contribution in [-0.4, -0.2) is 13.2 Å². The highest BCUT2D eigenvalue weighted by molar-refractivity contribution is 9.09. The first-order valence-electron chi connectivity index (χ1n) is 6.45. The molecule has 0 saturated heterocycles. The molecule has 1 aromatic carbocycles. The highest BCUT2D eigenvalue weighted by Gasteiger charge is 2.18. The molecule has 2 nitrogen and oxygen atoms in total. The predicted molar refractivity (Wildman–Crippen MR) is 78.3 cm³/mol. The number of rotatable bonds is 4. The summed E-state index contributed by atoms with van der Waals surface area (Å²) < 4.78 is 11.3. The highest BCUT2D eigenvalue weighted by Crippen LogP contribution is 2.41. The van der Waals surface area contributed by atoms with Gasteiger partial charge in [-0.25, -0.2) is 0 Å². The number of ether oxygens (including phenoxy) is 2. The molecule has 0 saturated carbocycles. The van der Waals surface area contributed by atoms with Crippen molar-refractivity contribution in [3.63, 3.8) is 0 Å². The molecular weight excluding hydrogens is 316 g/mol. The van der Waals surface area contributed by atoms with Crippen molar-refractivity contribution < 1.29 is 9.47 Å². The molecule has 1 aromatic rings. The predicted octanol–water partition coefficient (Wildman–Crippen LogP) is 5.13. The Kier molecular flexibility index (Phi) is 5.19. The number of fused-ring (bicyclic) bond motifs is 1. The highest BCUT2D eigenvalue weighted by atomic mass is 79.9. The average Bonchev–Trinajstić information content (AvgIpc) is 2.59. The monoisotopic (exact) mass is 332 g/mol. The summed E-state index contributed by atoms with van der Waals surface area (Å²) in [4.78, 5) is 0.280. The van der Waals surface area contributed by atoms with Gasteiger partial charge in [0, 0.05) is 22.3 Å². The first-order chi connectivity index (χ1) is 8.72. The third kappa shape index (κ3) is 3.33. The van der Waals surface area contributed by atoms with Crippen molar-refractivity contribution in [2.75, 3.05) is 13.2 Å². The van der Waals surface area contributed by atoms with Gasteiger partial charge in [-0.15, -0.1) is 0 Å². The largest absolute Gasteiger partial charge is 0.490 e. The van der Waals surface area contributed by atoms with Crippen molar-refractivity contribution in [3.05, 3.63) is 22.7 Å². The van der Waals surface area contributed by atoms with Crippen LogP contribution in [0.4, 0.5) is 0 Å². The molecule has 1 atom stereocenters. The van der Waals surface area contributed by atoms with E-state index in [1.807, 2.05) is 12.1 Å². The molecule has 0 N–H and O–H groups in total. The summed E-state index contributed by atoms with van der Waals surface area (Å²) >= 11 is 10.0. The molecule has 1 aliphatic heterocycles. The second-order valence-electron chi connectivity index (χ2n) is 4.48. The number of hydrogen-bond acceptors (Lipinski definition) is 2. The van der Waals surface area contributed by atoms with E-state index in [0.717, 1.165) is 34.9 Å². The molecule has 0 aromatic heterocycles. The standard InChI is InChI=1S/C14H18BrClO2/c1-2-3-5-11(15)10-8-13-14(9-12(10)16)18-7-4-6-17-13/h8-9,11H,2-7H2,1H3. The SMILES string of the molecule is CCCCC(Br)c1cc2c(cc1Cl)OCCCO2. The maximum Gasteiger partial charge on any atom is 0.162 e. The van der Waals surface area contributed by atoms with E-state index in [4.69, 9.17) is 21.1 Å². The fourth-order valence-corrected chi connectivity index (χ4v) is 3.10. The smallest absolute Gasteiger partial charge is 0.162 e. The van der Waals surface area contributed by atoms with E-state index < -0.39 is 0 Å². The molecule has 0 radical (unpaired) electrons. The van der Waals surface area contributed by atoms with Crippen molar-refractivity contribution in [2.24, 2.45) is 0 Å². The van der Waals surface area contributed by atoms with Crippen molar-refractivity contribution in [3.8, 4) is 11.5 Å². The lowest BCUT2D eigenvalue weighted by atomic mass is 10.1. The molecule has 18 heavy (non-hydrogen) atoms. The molecule has 1 unspecified atom stereocenters. The minimum atomic E-state index is 0.280. The number of unbranched alkanes of at least 4 members (excludes halogenated alkanes) is 1. The molecule has 0 bridgehead atoms. The van der Waals surface area contributed by atoms with Gasteiger partial charge in [-0.1, -0.05) is 47.3 Å². The Labute approximate surface area is 122 Å². The summed E-state index contributed by atoms with van der Waals surface area (Å²) in [7, 11) is 0. The number of alkyl halides is 1. The second kappa shape index (κ2) is 6.67. The van der Waals surface area contributed by atoms with Gasteiger partial charge in [-0.05, 0) is 18.1 Å². The molecular formula is C14H18BrClO2. The zero-order chi connectivity index (χ0) is 13.0. The van der Waals surface area contributed by atoms with Crippen LogP contribution in [0.1, 0.15) is 43.0 Å². The lowest BCUT2D eigenvalue weighted by molar-refractivity contribution is 0.297. The zero-order valence-electron chi connectivity index (χ0n) is 10.5. The van der Waals surface area contributed by atoms with Crippen LogP contribution in [0.3, 0.4) is 0 Å². The van der Waals surface area contributed by atoms with Crippen molar-refractivity contribution >= 4 is 27.5 Å². The Balaban J connectivity index is 2.23. The van der Waals surface area contributed by atoms with Gasteiger partial charge >= 0.3 is 0 Å². The lowest BCUT2D eigenvalue weighted by Gasteiger charge is -2.15. The van der Waals surface area contributed by atoms with E-state index >= 15 is 0 Å². The molecule has 0 amide bonds. The maximum absolute atomic E-state index is 6.32. The summed E-state index contributed by atoms with van der Waals surface area (Å²) in [5, 5.41) is 0.747. The van der Waals surface area contributed by atoms with E-state index in [2.05, 4.69) is 22.9 Å². The molecule has 0 spiro atoms. The minimum absolute atomic E-state index is 0.280. The third-order valence-corrected chi connectivity index (χ3v) is 4.29. The van der Waals surface area contributed by atoms with Gasteiger partial charge in [0.05, 0.1) is 13.2 Å². The molecule has 0 aliphatic carbocycles. The quantitative estimate of drug-likeness (QED) is 0.711. The van der Waals surface area contributed by atoms with Gasteiger partial charge < -0.3 is 9.47 Å². The van der Waals surface area contributed by atoms with Crippen LogP contribution in [0, 0.1) is 0 Å². The molecule has 0 fully saturated rings. The van der Waals surface area contributed by atoms with Crippen LogP contribution in [0.15, 0.2) is 12.1 Å². The molecule has 4 heteroatoms. The van der Waals surface area contributed by atoms with E-state index in [1.165, 1.54) is 12.8 Å². The van der Waals surface area contributed by atoms with E-state index in [9.17, 15) is 0 Å². The summed E-state index contributed by atoms with van der Waals surface area (Å²) in [5.74, 6) is 1.57. The van der Waals surface area contributed by atoms with E-state index in [0.29, 0.717) is 13.2 Å². The van der Waals surface area contributed by atoms with Gasteiger partial charge in [0.25, 0.3) is 0 Å². The summed E-state index contributed by atoms with van der Waals surface area (Å²) in [6.07, 6.45) is 4.36. The summed E-state index contributed by atoms with van der Waals surface area (Å²) in [6, 6.07) is 3.88. The Morgan fingerprint density at radius 3 is 2.61 bits per heavy atom. The van der Waals surface area contributed by atoms with Gasteiger partial charge in [0.15, 0.2) is 11.5 Å². The first kappa shape index (κ1) is 14.0. The van der Waals surface area contributed by atoms with E-state index in [1.54, 1.807) is 0 Å². The Morgan fingerprint density at radius 2 is 1.94 bits per heavy atom. The van der Waals surface area contributed by atoms with E-state index in [-0.39, 0.29) is 4.83 Å². The van der Waals surface area contributed by atoms with Gasteiger partial charge in [0.2, 0.25) is 0 Å². The second-order valence-corrected chi connectivity index (χ2v) is 5.99. The number of hydrogen-bond donors (Lipinski definition) is 0. The van der Waals surface area contributed by atoms with Crippen molar-refractivity contribution in [1.29, 1.82) is 0 Å². The molecule has 100 valence electrons. The van der Waals surface area contributed by atoms with Crippen LogP contribution in [0.25, 0.3) is 0 Å². The fraction of sp³-hybridized carbons (Fsp3) is 0.571. The Bertz CT molecular complexity index is 409. The van der Waals surface area contributed by atoms with Crippen LogP contribution < -0.4 is 9.47 Å². The summed E-state index contributed by atoms with van der Waals surface area (Å²) in [5.41, 5.74) is 1.09. The molecule has 1 heterocycles. The van der Waals surface area contributed by atoms with Crippen LogP contribution in [-0.2, 0) is 0 Å². The number of benzene rings is 1. The average molecular weight is 334 g/mol. The fourth-order valence-electron chi connectivity index (χ4n) is 1.98. The third-order valence-electron chi connectivity index (χ3n) is 3.02. The zero-order valence-corrected chi connectivity index (χ0v) is 12.9. The lowest BCUT2D eigenvalue weighted by Crippen LogP contribution is -1.97. The van der Waals surface area contributed by atoms with Gasteiger partial charge in [0.1, 0.15) is 0 Å². The minimum Gasteiger partial charge on any atom is -0.490 e. The summed E-state index contributed by atoms with van der Waals surface area (Å²) in [6.45, 7) is 3.58. The Morgan fingerprint density at radius 1 is 1.28 bits per heavy atom. The van der Waals surface area contributed by atoms with Crippen LogP contribution in [0.2, 0.25) is 5.02 Å². The van der Waals surface area contributed by atoms with Crippen LogP contribution in [0.5, 0.6) is 11.5 Å². The van der Waals surface area contributed by atoms with Gasteiger partial charge in [-0.3, -0.25) is 0 Å². The molecule has 1 aliphatic rings. The maximum atomic E-state index is 6.32. The van der Waals surface area contributed by atoms with Crippen LogP contribution >= 0.6 is 27.5 Å². The van der Waals surface area contributed by atoms with Crippen molar-refractivity contribution in [2.45, 2.75) is 37.4 Å². The Hall–Kier alpha value is -0.410. The van der Waals surface area contributed by atoms with Crippen molar-refractivity contribution in [1.82, 2.24) is 0 Å².